The first kappa shape index (κ1) is 27.9. The summed E-state index contributed by atoms with van der Waals surface area (Å²) in [7, 11) is 0. The molecule has 48 heavy (non-hydrogen) atoms. The topological polar surface area (TPSA) is 16.4 Å². The van der Waals surface area contributed by atoms with Crippen LogP contribution in [0.15, 0.2) is 192 Å². The van der Waals surface area contributed by atoms with Gasteiger partial charge in [0.15, 0.2) is 0 Å². The molecular formula is C46H31NO. The third-order valence-electron chi connectivity index (χ3n) is 9.25. The fourth-order valence-electron chi connectivity index (χ4n) is 6.90. The van der Waals surface area contributed by atoms with Crippen LogP contribution in [0.2, 0.25) is 0 Å². The molecule has 0 radical (unpaired) electrons. The summed E-state index contributed by atoms with van der Waals surface area (Å²) in [5.74, 6) is 0. The minimum atomic E-state index is 0.875. The molecule has 2 heteroatoms. The summed E-state index contributed by atoms with van der Waals surface area (Å²) >= 11 is 0. The van der Waals surface area contributed by atoms with Crippen molar-refractivity contribution in [1.82, 2.24) is 0 Å². The van der Waals surface area contributed by atoms with Gasteiger partial charge in [-0.3, -0.25) is 0 Å². The Kier molecular flexibility index (Phi) is 6.84. The third kappa shape index (κ3) is 5.01. The Balaban J connectivity index is 1.14. The van der Waals surface area contributed by atoms with Gasteiger partial charge in [0.05, 0.1) is 0 Å². The van der Waals surface area contributed by atoms with E-state index >= 15 is 0 Å². The molecule has 0 aliphatic carbocycles. The van der Waals surface area contributed by atoms with Gasteiger partial charge in [-0.25, -0.2) is 0 Å². The molecule has 9 rings (SSSR count). The van der Waals surface area contributed by atoms with Gasteiger partial charge in [-0.05, 0) is 92.7 Å². The highest BCUT2D eigenvalue weighted by atomic mass is 16.3. The van der Waals surface area contributed by atoms with Gasteiger partial charge in [-0.15, -0.1) is 0 Å². The van der Waals surface area contributed by atoms with E-state index in [0.717, 1.165) is 39.0 Å². The molecule has 1 aromatic heterocycles. The molecule has 0 aliphatic rings. The Morgan fingerprint density at radius 2 is 0.896 bits per heavy atom. The Morgan fingerprint density at radius 3 is 1.77 bits per heavy atom. The molecule has 0 unspecified atom stereocenters. The minimum Gasteiger partial charge on any atom is -0.456 e. The number of furan rings is 1. The zero-order chi connectivity index (χ0) is 31.9. The van der Waals surface area contributed by atoms with Gasteiger partial charge >= 0.3 is 0 Å². The lowest BCUT2D eigenvalue weighted by atomic mass is 9.95. The van der Waals surface area contributed by atoms with E-state index in [1.807, 2.05) is 12.1 Å². The lowest BCUT2D eigenvalue weighted by molar-refractivity contribution is 0.669. The van der Waals surface area contributed by atoms with Crippen LogP contribution >= 0.6 is 0 Å². The fraction of sp³-hybridized carbons (Fsp3) is 0. The summed E-state index contributed by atoms with van der Waals surface area (Å²) in [5.41, 5.74) is 12.2. The normalized spacial score (nSPS) is 11.3. The van der Waals surface area contributed by atoms with E-state index in [1.54, 1.807) is 0 Å². The maximum atomic E-state index is 6.33. The lowest BCUT2D eigenvalue weighted by Crippen LogP contribution is -2.10. The van der Waals surface area contributed by atoms with Gasteiger partial charge in [0.25, 0.3) is 0 Å². The molecule has 0 saturated carbocycles. The molecule has 0 N–H and O–H groups in total. The molecule has 2 nitrogen and oxygen atoms in total. The molecule has 0 saturated heterocycles. The summed E-state index contributed by atoms with van der Waals surface area (Å²) in [4.78, 5) is 2.31. The summed E-state index contributed by atoms with van der Waals surface area (Å²) < 4.78 is 6.33. The van der Waals surface area contributed by atoms with E-state index in [0.29, 0.717) is 0 Å². The number of nitrogens with zero attached hydrogens (tertiary/aromatic N) is 1. The highest BCUT2D eigenvalue weighted by Crippen LogP contribution is 2.40. The summed E-state index contributed by atoms with van der Waals surface area (Å²) in [6.07, 6.45) is 0. The van der Waals surface area contributed by atoms with Crippen molar-refractivity contribution in [2.24, 2.45) is 0 Å². The van der Waals surface area contributed by atoms with Crippen LogP contribution in [-0.4, -0.2) is 0 Å². The van der Waals surface area contributed by atoms with E-state index in [1.165, 1.54) is 44.2 Å². The van der Waals surface area contributed by atoms with Gasteiger partial charge in [0.1, 0.15) is 11.2 Å². The smallest absolute Gasteiger partial charge is 0.137 e. The molecule has 226 valence electrons. The van der Waals surface area contributed by atoms with Crippen LogP contribution in [-0.2, 0) is 0 Å². The van der Waals surface area contributed by atoms with Crippen molar-refractivity contribution < 1.29 is 4.42 Å². The van der Waals surface area contributed by atoms with Gasteiger partial charge in [-0.2, -0.15) is 0 Å². The maximum absolute atomic E-state index is 6.33. The molecule has 0 aliphatic heterocycles. The first-order chi connectivity index (χ1) is 23.8. The van der Waals surface area contributed by atoms with Crippen molar-refractivity contribution >= 4 is 49.8 Å². The quantitative estimate of drug-likeness (QED) is 0.185. The predicted octanol–water partition coefficient (Wildman–Crippen LogP) is 13.2. The van der Waals surface area contributed by atoms with Crippen LogP contribution in [0.4, 0.5) is 17.1 Å². The lowest BCUT2D eigenvalue weighted by Gasteiger charge is -2.26. The molecule has 1 heterocycles. The van der Waals surface area contributed by atoms with Gasteiger partial charge in [0, 0.05) is 33.9 Å². The number of hydrogen-bond acceptors (Lipinski definition) is 2. The molecule has 9 aromatic rings. The van der Waals surface area contributed by atoms with Gasteiger partial charge in [0.2, 0.25) is 0 Å². The molecule has 8 aromatic carbocycles. The second-order valence-electron chi connectivity index (χ2n) is 12.2. The van der Waals surface area contributed by atoms with Crippen molar-refractivity contribution in [3.05, 3.63) is 188 Å². The molecule has 0 bridgehead atoms. The highest BCUT2D eigenvalue weighted by Gasteiger charge is 2.17. The SMILES string of the molecule is c1ccc(-c2cccc(N(c3ccc(-c4cccc(-c5cccc6ccccc56)c4)cc3)c3ccc4c(c3)oc3ccccc34)c2)cc1. The number of fused-ring (bicyclic) bond motifs is 4. The van der Waals surface area contributed by atoms with Crippen molar-refractivity contribution in [3.63, 3.8) is 0 Å². The zero-order valence-electron chi connectivity index (χ0n) is 26.3. The fourth-order valence-corrected chi connectivity index (χ4v) is 6.90. The first-order valence-corrected chi connectivity index (χ1v) is 16.3. The predicted molar refractivity (Wildman–Crippen MR) is 202 cm³/mol. The maximum Gasteiger partial charge on any atom is 0.137 e. The van der Waals surface area contributed by atoms with Crippen LogP contribution < -0.4 is 4.90 Å². The number of hydrogen-bond donors (Lipinski definition) is 0. The second kappa shape index (κ2) is 11.8. The molecule has 0 fully saturated rings. The Bertz CT molecular complexity index is 2560. The van der Waals surface area contributed by atoms with Crippen LogP contribution in [0.5, 0.6) is 0 Å². The van der Waals surface area contributed by atoms with Crippen molar-refractivity contribution in [2.75, 3.05) is 4.90 Å². The zero-order valence-corrected chi connectivity index (χ0v) is 26.3. The standard InChI is InChI=1S/C46H31NO/c1-2-11-32(12-3-1)36-16-9-18-39(30-36)47(40-27-28-44-43-20-6-7-22-45(43)48-46(44)31-40)38-25-23-33(24-26-38)35-15-8-17-37(29-35)42-21-10-14-34-13-4-5-19-41(34)42/h1-31H. The van der Waals surface area contributed by atoms with E-state index in [9.17, 15) is 0 Å². The van der Waals surface area contributed by atoms with Gasteiger partial charge in [-0.1, -0.05) is 133 Å². The van der Waals surface area contributed by atoms with Crippen LogP contribution in [0.1, 0.15) is 0 Å². The van der Waals surface area contributed by atoms with Crippen LogP contribution in [0.3, 0.4) is 0 Å². The van der Waals surface area contributed by atoms with Crippen molar-refractivity contribution in [2.45, 2.75) is 0 Å². The Labute approximate surface area is 279 Å². The molecule has 0 atom stereocenters. The first-order valence-electron chi connectivity index (χ1n) is 16.3. The molecule has 0 spiro atoms. The second-order valence-corrected chi connectivity index (χ2v) is 12.2. The van der Waals surface area contributed by atoms with E-state index in [-0.39, 0.29) is 0 Å². The van der Waals surface area contributed by atoms with Crippen LogP contribution in [0.25, 0.3) is 66.1 Å². The van der Waals surface area contributed by atoms with Crippen molar-refractivity contribution in [3.8, 4) is 33.4 Å². The van der Waals surface area contributed by atoms with Crippen molar-refractivity contribution in [1.29, 1.82) is 0 Å². The summed E-state index contributed by atoms with van der Waals surface area (Å²) in [6.45, 7) is 0. The number of anilines is 3. The number of benzene rings is 8. The monoisotopic (exact) mass is 613 g/mol. The van der Waals surface area contributed by atoms with E-state index < -0.39 is 0 Å². The summed E-state index contributed by atoms with van der Waals surface area (Å²) in [5, 5.41) is 4.77. The molecule has 0 amide bonds. The summed E-state index contributed by atoms with van der Waals surface area (Å²) in [6, 6.07) is 66.9. The number of para-hydroxylation sites is 1. The van der Waals surface area contributed by atoms with Gasteiger partial charge < -0.3 is 9.32 Å². The van der Waals surface area contributed by atoms with Crippen LogP contribution in [0, 0.1) is 0 Å². The number of rotatable bonds is 6. The average Bonchev–Trinajstić information content (AvgIpc) is 3.53. The third-order valence-corrected chi connectivity index (χ3v) is 9.25. The highest BCUT2D eigenvalue weighted by molar-refractivity contribution is 6.06. The Hall–Kier alpha value is -6.38. The average molecular weight is 614 g/mol. The Morgan fingerprint density at radius 1 is 0.312 bits per heavy atom. The van der Waals surface area contributed by atoms with E-state index in [4.69, 9.17) is 4.42 Å². The largest absolute Gasteiger partial charge is 0.456 e. The minimum absolute atomic E-state index is 0.875. The van der Waals surface area contributed by atoms with E-state index in [2.05, 4.69) is 181 Å². The molecular weight excluding hydrogens is 583 g/mol.